The van der Waals surface area contributed by atoms with Gasteiger partial charge in [0.25, 0.3) is 0 Å². The van der Waals surface area contributed by atoms with E-state index in [0.717, 1.165) is 37.9 Å². The second kappa shape index (κ2) is 7.47. The van der Waals surface area contributed by atoms with E-state index in [9.17, 15) is 15.3 Å². The number of hydrogen-bond acceptors (Lipinski definition) is 4. The largest absolute Gasteiger partial charge is 0.390 e. The monoisotopic (exact) mass is 323 g/mol. The molecule has 0 radical (unpaired) electrons. The van der Waals surface area contributed by atoms with E-state index in [1.165, 1.54) is 12.0 Å². The highest BCUT2D eigenvalue weighted by Crippen LogP contribution is 2.37. The predicted octanol–water partition coefficient (Wildman–Crippen LogP) is 2.25. The van der Waals surface area contributed by atoms with Crippen molar-refractivity contribution >= 4 is 0 Å². The molecule has 3 N–H and O–H groups in total. The van der Waals surface area contributed by atoms with Gasteiger partial charge in [0.2, 0.25) is 0 Å². The third kappa shape index (κ3) is 4.66. The van der Waals surface area contributed by atoms with E-state index in [1.807, 2.05) is 19.9 Å². The molecule has 4 heteroatoms. The Morgan fingerprint density at radius 3 is 2.74 bits per heavy atom. The van der Waals surface area contributed by atoms with Crippen molar-refractivity contribution in [2.24, 2.45) is 5.92 Å². The first-order valence-electron chi connectivity index (χ1n) is 8.89. The van der Waals surface area contributed by atoms with Gasteiger partial charge in [-0.25, -0.2) is 0 Å². The molecule has 0 amide bonds. The fourth-order valence-electron chi connectivity index (χ4n) is 4.07. The Bertz CT molecular complexity index is 467. The van der Waals surface area contributed by atoms with Crippen LogP contribution in [0.25, 0.3) is 0 Å². The summed E-state index contributed by atoms with van der Waals surface area (Å²) in [5, 5.41) is 30.0. The van der Waals surface area contributed by atoms with Crippen LogP contribution in [-0.2, 0) is 0 Å². The zero-order valence-electron chi connectivity index (χ0n) is 15.0. The molecule has 2 heterocycles. The molecule has 2 aliphatic rings. The van der Waals surface area contributed by atoms with Crippen molar-refractivity contribution in [3.05, 3.63) is 23.3 Å². The van der Waals surface area contributed by atoms with Gasteiger partial charge >= 0.3 is 0 Å². The van der Waals surface area contributed by atoms with Crippen LogP contribution in [0.15, 0.2) is 23.3 Å². The SMILES string of the molecule is C/C(=C\CC(C)/C=C1\CN2CCC[C@H]2[C@@](C)(O)C1)[C@@H](O)[C@@H](C)O. The van der Waals surface area contributed by atoms with Gasteiger partial charge in [0.15, 0.2) is 0 Å². The first-order valence-corrected chi connectivity index (χ1v) is 8.89. The molecule has 0 bridgehead atoms. The second-order valence-corrected chi connectivity index (χ2v) is 7.83. The summed E-state index contributed by atoms with van der Waals surface area (Å²) in [6, 6.07) is 0.318. The van der Waals surface area contributed by atoms with E-state index in [-0.39, 0.29) is 0 Å². The average Bonchev–Trinajstić information content (AvgIpc) is 2.92. The van der Waals surface area contributed by atoms with Crippen molar-refractivity contribution in [3.63, 3.8) is 0 Å². The van der Waals surface area contributed by atoms with Crippen molar-refractivity contribution in [2.75, 3.05) is 13.1 Å². The minimum Gasteiger partial charge on any atom is -0.390 e. The summed E-state index contributed by atoms with van der Waals surface area (Å²) in [5.74, 6) is 0.358. The third-order valence-electron chi connectivity index (χ3n) is 5.33. The van der Waals surface area contributed by atoms with Gasteiger partial charge in [0.1, 0.15) is 6.10 Å². The summed E-state index contributed by atoms with van der Waals surface area (Å²) in [4.78, 5) is 2.42. The molecule has 2 aliphatic heterocycles. The molecule has 0 aliphatic carbocycles. The highest BCUT2D eigenvalue weighted by atomic mass is 16.3. The molecule has 2 fully saturated rings. The number of aliphatic hydroxyl groups is 3. The number of aliphatic hydroxyl groups excluding tert-OH is 2. The summed E-state index contributed by atoms with van der Waals surface area (Å²) in [6.45, 7) is 9.66. The smallest absolute Gasteiger partial charge is 0.100 e. The Morgan fingerprint density at radius 2 is 2.09 bits per heavy atom. The zero-order chi connectivity index (χ0) is 17.2. The lowest BCUT2D eigenvalue weighted by molar-refractivity contribution is -0.0330. The topological polar surface area (TPSA) is 63.9 Å². The molecule has 0 aromatic rings. The summed E-state index contributed by atoms with van der Waals surface area (Å²) in [7, 11) is 0. The molecule has 132 valence electrons. The number of piperidine rings is 1. The third-order valence-corrected chi connectivity index (χ3v) is 5.33. The van der Waals surface area contributed by atoms with Gasteiger partial charge < -0.3 is 15.3 Å². The number of hydrogen-bond donors (Lipinski definition) is 3. The number of rotatable bonds is 5. The number of nitrogens with zero attached hydrogens (tertiary/aromatic N) is 1. The van der Waals surface area contributed by atoms with E-state index in [4.69, 9.17) is 0 Å². The van der Waals surface area contributed by atoms with Crippen molar-refractivity contribution in [2.45, 2.75) is 77.2 Å². The molecule has 2 saturated heterocycles. The lowest BCUT2D eigenvalue weighted by atomic mass is 9.82. The highest BCUT2D eigenvalue weighted by molar-refractivity contribution is 5.18. The molecule has 1 unspecified atom stereocenters. The van der Waals surface area contributed by atoms with Gasteiger partial charge in [-0.15, -0.1) is 0 Å². The maximum absolute atomic E-state index is 10.7. The van der Waals surface area contributed by atoms with Crippen LogP contribution in [0.5, 0.6) is 0 Å². The van der Waals surface area contributed by atoms with Crippen LogP contribution in [0.3, 0.4) is 0 Å². The van der Waals surface area contributed by atoms with Crippen LogP contribution in [0.1, 0.15) is 53.4 Å². The normalized spacial score (nSPS) is 35.2. The lowest BCUT2D eigenvalue weighted by Crippen LogP contribution is -2.52. The Morgan fingerprint density at radius 1 is 1.39 bits per heavy atom. The van der Waals surface area contributed by atoms with Crippen molar-refractivity contribution in [1.82, 2.24) is 4.90 Å². The van der Waals surface area contributed by atoms with Gasteiger partial charge in [-0.1, -0.05) is 24.6 Å². The standard InChI is InChI=1S/C19H33NO3/c1-13(7-8-14(2)18(22)15(3)21)10-16-11-19(4,23)17-6-5-9-20(17)12-16/h8,10,13,15,17-18,21-23H,5-7,9,11-12H2,1-4H3/b14-8+,16-10-/t13?,15-,17+,18-,19+/m1/s1. The van der Waals surface area contributed by atoms with E-state index in [0.29, 0.717) is 12.0 Å². The molecule has 2 rings (SSSR count). The first kappa shape index (κ1) is 18.7. The average molecular weight is 323 g/mol. The van der Waals surface area contributed by atoms with Crippen LogP contribution in [0.4, 0.5) is 0 Å². The molecular formula is C19H33NO3. The molecule has 0 saturated carbocycles. The first-order chi connectivity index (χ1) is 10.7. The Hall–Kier alpha value is -0.680. The van der Waals surface area contributed by atoms with Crippen LogP contribution >= 0.6 is 0 Å². The minimum atomic E-state index is -0.782. The predicted molar refractivity (Wildman–Crippen MR) is 93.1 cm³/mol. The summed E-state index contributed by atoms with van der Waals surface area (Å²) >= 11 is 0. The van der Waals surface area contributed by atoms with Crippen LogP contribution in [0.2, 0.25) is 0 Å². The van der Waals surface area contributed by atoms with Crippen molar-refractivity contribution < 1.29 is 15.3 Å². The molecular weight excluding hydrogens is 290 g/mol. The molecule has 23 heavy (non-hydrogen) atoms. The number of fused-ring (bicyclic) bond motifs is 1. The van der Waals surface area contributed by atoms with E-state index >= 15 is 0 Å². The van der Waals surface area contributed by atoms with Crippen LogP contribution < -0.4 is 0 Å². The van der Waals surface area contributed by atoms with E-state index in [2.05, 4.69) is 17.9 Å². The van der Waals surface area contributed by atoms with Gasteiger partial charge in [-0.3, -0.25) is 4.90 Å². The van der Waals surface area contributed by atoms with Gasteiger partial charge in [0.05, 0.1) is 11.7 Å². The summed E-state index contributed by atoms with van der Waals surface area (Å²) in [5.41, 5.74) is 1.53. The van der Waals surface area contributed by atoms with Gasteiger partial charge in [-0.05, 0) is 64.5 Å². The zero-order valence-corrected chi connectivity index (χ0v) is 15.0. The molecule has 0 aromatic carbocycles. The fourth-order valence-corrected chi connectivity index (χ4v) is 4.07. The Labute approximate surface area is 140 Å². The van der Waals surface area contributed by atoms with Gasteiger partial charge in [-0.2, -0.15) is 0 Å². The van der Waals surface area contributed by atoms with Crippen LogP contribution in [0, 0.1) is 5.92 Å². The molecule has 4 nitrogen and oxygen atoms in total. The fraction of sp³-hybridized carbons (Fsp3) is 0.789. The van der Waals surface area contributed by atoms with Crippen molar-refractivity contribution in [1.29, 1.82) is 0 Å². The maximum atomic E-state index is 10.7. The molecule has 0 aromatic heterocycles. The Balaban J connectivity index is 1.97. The Kier molecular flexibility index (Phi) is 6.06. The summed E-state index contributed by atoms with van der Waals surface area (Å²) in [6.07, 6.45) is 6.66. The van der Waals surface area contributed by atoms with E-state index < -0.39 is 17.8 Å². The minimum absolute atomic E-state index is 0.318. The van der Waals surface area contributed by atoms with Crippen LogP contribution in [-0.4, -0.2) is 57.2 Å². The molecule has 5 atom stereocenters. The second-order valence-electron chi connectivity index (χ2n) is 7.83. The van der Waals surface area contributed by atoms with E-state index in [1.54, 1.807) is 6.92 Å². The van der Waals surface area contributed by atoms with Crippen molar-refractivity contribution in [3.8, 4) is 0 Å². The number of allylic oxidation sites excluding steroid dienone is 2. The summed E-state index contributed by atoms with van der Waals surface area (Å²) < 4.78 is 0. The molecule has 0 spiro atoms. The lowest BCUT2D eigenvalue weighted by Gasteiger charge is -2.43. The quantitative estimate of drug-likeness (QED) is 0.679. The maximum Gasteiger partial charge on any atom is 0.100 e. The van der Waals surface area contributed by atoms with Gasteiger partial charge in [0, 0.05) is 12.6 Å². The highest BCUT2D eigenvalue weighted by Gasteiger charge is 2.43.